The van der Waals surface area contributed by atoms with E-state index in [-0.39, 0.29) is 117 Å². The minimum absolute atomic E-state index is 0.0344. The Hall–Kier alpha value is -6.91. The van der Waals surface area contributed by atoms with Gasteiger partial charge < -0.3 is 24.4 Å². The van der Waals surface area contributed by atoms with Crippen molar-refractivity contribution in [2.24, 2.45) is 102 Å². The summed E-state index contributed by atoms with van der Waals surface area (Å²) in [6.07, 6.45) is 46.0. The lowest BCUT2D eigenvalue weighted by Crippen LogP contribution is -2.55. The number of ketones is 8. The van der Waals surface area contributed by atoms with Crippen LogP contribution in [0.3, 0.4) is 0 Å². The van der Waals surface area contributed by atoms with Crippen molar-refractivity contribution in [3.63, 3.8) is 0 Å². The van der Waals surface area contributed by atoms with Crippen molar-refractivity contribution in [2.45, 2.75) is 261 Å². The van der Waals surface area contributed by atoms with Crippen LogP contribution in [-0.2, 0) is 67.0 Å². The molecule has 0 aromatic carbocycles. The molecular formula is C92H118O16. The number of ether oxygens (including phenoxy) is 3. The number of rotatable bonds is 12. The summed E-state index contributed by atoms with van der Waals surface area (Å²) in [5.41, 5.74) is 6.61. The average Bonchev–Trinajstić information content (AvgIpc) is 0.958. The Balaban J connectivity index is 0.000000127. The highest BCUT2D eigenvalue weighted by molar-refractivity contribution is 6.02. The predicted octanol–water partition coefficient (Wildman–Crippen LogP) is 15.8. The number of carbonyl (C=O) groups excluding carboxylic acids is 11. The molecule has 0 bridgehead atoms. The van der Waals surface area contributed by atoms with E-state index in [4.69, 9.17) is 14.2 Å². The Kier molecular flexibility index (Phi) is 21.3. The summed E-state index contributed by atoms with van der Waals surface area (Å²) in [6, 6.07) is 0. The van der Waals surface area contributed by atoms with E-state index in [1.807, 2.05) is 45.1 Å². The third-order valence-electron chi connectivity index (χ3n) is 32.4. The van der Waals surface area contributed by atoms with E-state index in [0.29, 0.717) is 86.1 Å². The second kappa shape index (κ2) is 29.0. The minimum atomic E-state index is -1.47. The lowest BCUT2D eigenvalue weighted by Gasteiger charge is -2.54. The van der Waals surface area contributed by atoms with Gasteiger partial charge in [0.2, 0.25) is 11.6 Å². The van der Waals surface area contributed by atoms with Crippen LogP contribution in [0.15, 0.2) is 117 Å². The van der Waals surface area contributed by atoms with E-state index in [2.05, 4.69) is 71.9 Å². The van der Waals surface area contributed by atoms with Gasteiger partial charge in [0.15, 0.2) is 42.1 Å². The van der Waals surface area contributed by atoms with Gasteiger partial charge in [0.05, 0.1) is 0 Å². The number of fused-ring (bicyclic) bond motifs is 20. The predicted molar refractivity (Wildman–Crippen MR) is 408 cm³/mol. The molecule has 8 fully saturated rings. The Bertz CT molecular complexity index is 4170. The van der Waals surface area contributed by atoms with E-state index in [0.717, 1.165) is 103 Å². The summed E-state index contributed by atoms with van der Waals surface area (Å²) in [5, 5.41) is 22.9. The first-order chi connectivity index (χ1) is 50.9. The molecule has 2 N–H and O–H groups in total. The molecule has 0 saturated heterocycles. The Morgan fingerprint density at radius 1 is 0.407 bits per heavy atom. The largest absolute Gasteiger partial charge is 0.458 e. The molecule has 0 amide bonds. The van der Waals surface area contributed by atoms with Crippen LogP contribution in [0.2, 0.25) is 0 Å². The highest BCUT2D eigenvalue weighted by atomic mass is 16.5. The zero-order chi connectivity index (χ0) is 77.9. The average molecular weight is 1480 g/mol. The van der Waals surface area contributed by atoms with Crippen molar-refractivity contribution in [3.8, 4) is 0 Å². The zero-order valence-electron chi connectivity index (χ0n) is 66.3. The fourth-order valence-electron chi connectivity index (χ4n) is 25.9. The monoisotopic (exact) mass is 1480 g/mol. The summed E-state index contributed by atoms with van der Waals surface area (Å²) in [7, 11) is 0. The molecule has 0 radical (unpaired) electrons. The molecule has 16 heteroatoms. The van der Waals surface area contributed by atoms with Crippen LogP contribution in [0.1, 0.15) is 250 Å². The third kappa shape index (κ3) is 12.9. The summed E-state index contributed by atoms with van der Waals surface area (Å²) < 4.78 is 14.9. The highest BCUT2D eigenvalue weighted by Crippen LogP contribution is 2.70. The molecule has 0 aromatic heterocycles. The molecule has 16 aliphatic carbocycles. The summed E-state index contributed by atoms with van der Waals surface area (Å²) >= 11 is 0. The summed E-state index contributed by atoms with van der Waals surface area (Å²) in [5.74, 6) is 2.68. The number of esters is 3. The molecule has 20 atom stereocenters. The molecule has 16 aliphatic rings. The topological polar surface area (TPSA) is 256 Å². The van der Waals surface area contributed by atoms with Crippen molar-refractivity contribution in [1.82, 2.24) is 0 Å². The van der Waals surface area contributed by atoms with Crippen molar-refractivity contribution in [3.05, 3.63) is 117 Å². The normalized spacial score (nSPS) is 41.4. The fraction of sp³-hybridized carbons (Fsp3) is 0.663. The fourth-order valence-corrected chi connectivity index (χ4v) is 25.9. The zero-order valence-corrected chi connectivity index (χ0v) is 66.3. The molecule has 108 heavy (non-hydrogen) atoms. The van der Waals surface area contributed by atoms with Crippen molar-refractivity contribution in [2.75, 3.05) is 19.8 Å². The van der Waals surface area contributed by atoms with Crippen molar-refractivity contribution >= 4 is 64.2 Å². The Labute approximate surface area is 639 Å². The van der Waals surface area contributed by atoms with Crippen LogP contribution in [-0.4, -0.2) is 105 Å². The van der Waals surface area contributed by atoms with Gasteiger partial charge in [-0.1, -0.05) is 136 Å². The SMILES string of the molecule is CC(=O)OCC(=O)[C@@]1(O)CCC2C3CCC4=CC(=O)C=C[C@]4(C)C3=CC[C@@]21C.CC(=O)OCC(=O)[C@H]1CCC2C3CCC4=CC(=O)C=C[C@]4(C)C3=CC[C@@]21C.CCC(=O)OCC(=O)[C@@]1(O)CCC2C3CCC4=CC(=O)CC[C@]4(C)C3=CC[C@@]21C.CCC(=O)[C@H]1CCC2C3CCC4=CC(=O)CC[C@]4(C)C3=CC[C@@]21C. The van der Waals surface area contributed by atoms with E-state index >= 15 is 0 Å². The van der Waals surface area contributed by atoms with Crippen LogP contribution in [0, 0.1) is 102 Å². The molecule has 16 nitrogen and oxygen atoms in total. The van der Waals surface area contributed by atoms with Crippen LogP contribution in [0.25, 0.3) is 0 Å². The second-order valence-corrected chi connectivity index (χ2v) is 37.2. The maximum absolute atomic E-state index is 12.9. The maximum atomic E-state index is 12.9. The van der Waals surface area contributed by atoms with Crippen LogP contribution >= 0.6 is 0 Å². The first-order valence-corrected chi connectivity index (χ1v) is 41.1. The summed E-state index contributed by atoms with van der Waals surface area (Å²) in [4.78, 5) is 132. The van der Waals surface area contributed by atoms with Gasteiger partial charge in [-0.05, 0) is 250 Å². The van der Waals surface area contributed by atoms with E-state index < -0.39 is 45.7 Å². The molecule has 0 heterocycles. The molecule has 8 saturated carbocycles. The van der Waals surface area contributed by atoms with Crippen LogP contribution < -0.4 is 0 Å². The number of allylic oxidation sites excluding steroid dienone is 20. The standard InChI is InChI=1S/C24H32O5.C23H28O5.C23H28O4.C22H30O2/c1-4-21(27)29-14-20(26)24(28)12-9-19-17-6-5-15-13-16(25)7-10-22(15,2)18(17)8-11-23(19,24)3;1-14(24)28-13-20(26)23(27)11-8-19-17-5-4-15-12-16(25)6-9-21(15,2)18(17)7-10-22(19,23)3;1-14(24)27-13-21(26)20-7-6-18-17-5-4-15-12-16(25)8-10-22(15,2)19(17)9-11-23(18,20)3;1-4-20(24)19-8-7-17-16-6-5-14-13-15(23)9-11-21(14,2)18(16)10-12-22(17,19)3/h8,13,17,19,28H,4-7,9-12,14H2,1-3H3;6-7,9,12,17,19,27H,4-5,8,10-11,13H2,1-3H3;8-10,12,17-18,20H,4-7,11,13H2,1-3H3;10,13,16-17,19H,4-9,11-12H2,1-3H3/t17?,19?,22-,23-,24-;17?,19?,21-,22-,23-;17?,18?,20-,22+,23+;16?,17?,19-,21+,22+/m0011/s1. The molecule has 16 rings (SSSR count). The molecule has 0 aromatic rings. The van der Waals surface area contributed by atoms with Crippen molar-refractivity contribution in [1.29, 1.82) is 0 Å². The van der Waals surface area contributed by atoms with Gasteiger partial charge in [-0.25, -0.2) is 0 Å². The van der Waals surface area contributed by atoms with Gasteiger partial charge in [0.1, 0.15) is 23.6 Å². The number of hydrogen-bond acceptors (Lipinski definition) is 16. The molecular weight excluding hydrogens is 1360 g/mol. The van der Waals surface area contributed by atoms with Gasteiger partial charge in [-0.3, -0.25) is 52.7 Å². The van der Waals surface area contributed by atoms with Gasteiger partial charge in [0, 0.05) is 83.9 Å². The second-order valence-electron chi connectivity index (χ2n) is 37.2. The lowest BCUT2D eigenvalue weighted by atomic mass is 9.50. The van der Waals surface area contributed by atoms with E-state index in [9.17, 15) is 63.0 Å². The van der Waals surface area contributed by atoms with Gasteiger partial charge >= 0.3 is 17.9 Å². The van der Waals surface area contributed by atoms with Crippen molar-refractivity contribution < 1.29 is 77.2 Å². The number of hydrogen-bond donors (Lipinski definition) is 2. The Morgan fingerprint density at radius 3 is 1.23 bits per heavy atom. The van der Waals surface area contributed by atoms with E-state index in [1.54, 1.807) is 30.7 Å². The maximum Gasteiger partial charge on any atom is 0.305 e. The first kappa shape index (κ1) is 79.2. The molecule has 8 unspecified atom stereocenters. The highest BCUT2D eigenvalue weighted by Gasteiger charge is 2.67. The van der Waals surface area contributed by atoms with Crippen LogP contribution in [0.5, 0.6) is 0 Å². The quantitative estimate of drug-likeness (QED) is 0.105. The van der Waals surface area contributed by atoms with Crippen LogP contribution in [0.4, 0.5) is 0 Å². The van der Waals surface area contributed by atoms with Gasteiger partial charge in [-0.15, -0.1) is 0 Å². The molecule has 582 valence electrons. The summed E-state index contributed by atoms with van der Waals surface area (Å²) in [6.45, 7) is 23.2. The van der Waals surface area contributed by atoms with E-state index in [1.165, 1.54) is 65.7 Å². The minimum Gasteiger partial charge on any atom is -0.458 e. The molecule has 0 spiro atoms. The number of carbonyl (C=O) groups is 11. The Morgan fingerprint density at radius 2 is 0.787 bits per heavy atom. The first-order valence-electron chi connectivity index (χ1n) is 41.1. The third-order valence-corrected chi connectivity index (χ3v) is 32.4. The smallest absolute Gasteiger partial charge is 0.305 e. The number of aliphatic hydroxyl groups is 2. The van der Waals surface area contributed by atoms with Gasteiger partial charge in [0.25, 0.3) is 0 Å². The molecule has 0 aliphatic heterocycles. The lowest BCUT2D eigenvalue weighted by molar-refractivity contribution is -0.163. The number of Topliss-reactive ketones (excluding diaryl/α,β-unsaturated/α-hetero) is 4. The van der Waals surface area contributed by atoms with Gasteiger partial charge in [-0.2, -0.15) is 0 Å².